The van der Waals surface area contributed by atoms with Crippen LogP contribution < -0.4 is 0 Å². The van der Waals surface area contributed by atoms with Gasteiger partial charge in [0.25, 0.3) is 0 Å². The molecule has 4 nitrogen and oxygen atoms in total. The molecule has 0 aliphatic heterocycles. The first-order valence-electron chi connectivity index (χ1n) is 3.47. The number of carbonyl (C=O) groups is 2. The van der Waals surface area contributed by atoms with Crippen molar-refractivity contribution in [1.29, 1.82) is 0 Å². The quantitative estimate of drug-likeness (QED) is 0.392. The van der Waals surface area contributed by atoms with Crippen LogP contribution in [0.2, 0.25) is 0 Å². The summed E-state index contributed by atoms with van der Waals surface area (Å²) in [5.74, 6) is -1.83. The van der Waals surface area contributed by atoms with Crippen LogP contribution in [-0.4, -0.2) is 60.9 Å². The van der Waals surface area contributed by atoms with Crippen LogP contribution >= 0.6 is 0 Å². The molecule has 12 heavy (non-hydrogen) atoms. The van der Waals surface area contributed by atoms with Crippen molar-refractivity contribution in [2.75, 3.05) is 0 Å². The fraction of sp³-hybridized carbons (Fsp3) is 0.714. The van der Waals surface area contributed by atoms with Crippen molar-refractivity contribution in [3.05, 3.63) is 0 Å². The summed E-state index contributed by atoms with van der Waals surface area (Å²) in [7, 11) is 0. The number of ether oxygens (including phenoxy) is 1. The number of hydrogen-bond acceptors (Lipinski definition) is 3. The summed E-state index contributed by atoms with van der Waals surface area (Å²) in [6.45, 7) is 3.58. The molecule has 5 heteroatoms. The van der Waals surface area contributed by atoms with Gasteiger partial charge in [0.2, 0.25) is 0 Å². The van der Waals surface area contributed by atoms with Crippen LogP contribution in [0.15, 0.2) is 0 Å². The summed E-state index contributed by atoms with van der Waals surface area (Å²) in [5.41, 5.74) is 0. The van der Waals surface area contributed by atoms with Crippen LogP contribution in [0.25, 0.3) is 0 Å². The second-order valence-electron chi connectivity index (χ2n) is 2.28. The van der Waals surface area contributed by atoms with Gasteiger partial charge in [0, 0.05) is 0 Å². The SMILES string of the molecule is CCC(C)OC(=O)CC(=O)O.[CaH2]. The monoisotopic (exact) mass is 202 g/mol. The third-order valence-electron chi connectivity index (χ3n) is 1.20. The van der Waals surface area contributed by atoms with E-state index in [1.165, 1.54) is 0 Å². The van der Waals surface area contributed by atoms with E-state index in [-0.39, 0.29) is 43.8 Å². The van der Waals surface area contributed by atoms with Crippen molar-refractivity contribution in [3.63, 3.8) is 0 Å². The van der Waals surface area contributed by atoms with Gasteiger partial charge in [-0.25, -0.2) is 0 Å². The van der Waals surface area contributed by atoms with E-state index in [1.54, 1.807) is 6.92 Å². The molecule has 0 heterocycles. The van der Waals surface area contributed by atoms with E-state index in [0.29, 0.717) is 6.42 Å². The first-order chi connectivity index (χ1) is 5.06. The Morgan fingerprint density at radius 1 is 1.50 bits per heavy atom. The summed E-state index contributed by atoms with van der Waals surface area (Å²) < 4.78 is 4.69. The van der Waals surface area contributed by atoms with E-state index >= 15 is 0 Å². The molecule has 0 fully saturated rings. The molecule has 0 aromatic rings. The van der Waals surface area contributed by atoms with E-state index in [1.807, 2.05) is 6.92 Å². The van der Waals surface area contributed by atoms with E-state index in [9.17, 15) is 9.59 Å². The maximum absolute atomic E-state index is 10.6. The van der Waals surface area contributed by atoms with Crippen LogP contribution in [-0.2, 0) is 14.3 Å². The molecule has 0 saturated carbocycles. The second kappa shape index (κ2) is 7.83. The van der Waals surface area contributed by atoms with Gasteiger partial charge in [-0.2, -0.15) is 0 Å². The molecule has 0 radical (unpaired) electrons. The fourth-order valence-corrected chi connectivity index (χ4v) is 0.473. The molecule has 0 rings (SSSR count). The number of esters is 1. The molecule has 0 aliphatic carbocycles. The third kappa shape index (κ3) is 8.30. The Hall–Kier alpha value is 0.200. The Bertz CT molecular complexity index is 157. The van der Waals surface area contributed by atoms with E-state index < -0.39 is 18.4 Å². The second-order valence-corrected chi connectivity index (χ2v) is 2.28. The molecule has 0 bridgehead atoms. The minimum absolute atomic E-state index is 0. The van der Waals surface area contributed by atoms with Crippen LogP contribution in [0.1, 0.15) is 26.7 Å². The zero-order chi connectivity index (χ0) is 8.85. The van der Waals surface area contributed by atoms with Crippen molar-refractivity contribution in [2.45, 2.75) is 32.8 Å². The van der Waals surface area contributed by atoms with Crippen molar-refractivity contribution in [2.24, 2.45) is 0 Å². The Labute approximate surface area is 101 Å². The van der Waals surface area contributed by atoms with E-state index in [2.05, 4.69) is 0 Å². The van der Waals surface area contributed by atoms with Crippen LogP contribution in [0.4, 0.5) is 0 Å². The van der Waals surface area contributed by atoms with Crippen LogP contribution in [0.5, 0.6) is 0 Å². The fourth-order valence-electron chi connectivity index (χ4n) is 0.473. The Kier molecular flexibility index (Phi) is 9.60. The number of carbonyl (C=O) groups excluding carboxylic acids is 1. The van der Waals surface area contributed by atoms with Gasteiger partial charge in [0.15, 0.2) is 0 Å². The van der Waals surface area contributed by atoms with E-state index in [4.69, 9.17) is 9.84 Å². The van der Waals surface area contributed by atoms with Gasteiger partial charge in [0.1, 0.15) is 6.42 Å². The molecular weight excluding hydrogens is 188 g/mol. The maximum atomic E-state index is 10.6. The molecule has 0 aromatic heterocycles. The Morgan fingerprint density at radius 3 is 2.33 bits per heavy atom. The summed E-state index contributed by atoms with van der Waals surface area (Å²) >= 11 is 0. The van der Waals surface area contributed by atoms with Crippen molar-refractivity contribution in [1.82, 2.24) is 0 Å². The van der Waals surface area contributed by atoms with Gasteiger partial charge in [-0.15, -0.1) is 0 Å². The standard InChI is InChI=1S/C7H12O4.Ca.2H/c1-3-5(2)11-7(10)4-6(8)9;;;/h5H,3-4H2,1-2H3,(H,8,9);;;. The van der Waals surface area contributed by atoms with Gasteiger partial charge in [-0.3, -0.25) is 9.59 Å². The zero-order valence-electron chi connectivity index (χ0n) is 6.66. The molecule has 1 atom stereocenters. The van der Waals surface area contributed by atoms with Gasteiger partial charge >= 0.3 is 49.7 Å². The van der Waals surface area contributed by atoms with Gasteiger partial charge in [0.05, 0.1) is 6.10 Å². The predicted molar refractivity (Wildman–Crippen MR) is 46.6 cm³/mol. The normalized spacial score (nSPS) is 11.2. The summed E-state index contributed by atoms with van der Waals surface area (Å²) in [5, 5.41) is 8.17. The van der Waals surface area contributed by atoms with Gasteiger partial charge < -0.3 is 9.84 Å². The van der Waals surface area contributed by atoms with Crippen LogP contribution in [0.3, 0.4) is 0 Å². The zero-order valence-corrected chi connectivity index (χ0v) is 6.66. The molecule has 68 valence electrons. The molecule has 1 N–H and O–H groups in total. The number of carboxylic acid groups (broad SMARTS) is 1. The average Bonchev–Trinajstić information content (AvgIpc) is 1.85. The Balaban J connectivity index is 0. The van der Waals surface area contributed by atoms with Crippen molar-refractivity contribution in [3.8, 4) is 0 Å². The summed E-state index contributed by atoms with van der Waals surface area (Å²) in [6, 6.07) is 0. The number of hydrogen-bond donors (Lipinski definition) is 1. The van der Waals surface area contributed by atoms with Crippen molar-refractivity contribution < 1.29 is 19.4 Å². The molecule has 0 aliphatic rings. The number of aliphatic carboxylic acids is 1. The van der Waals surface area contributed by atoms with Crippen molar-refractivity contribution >= 4 is 49.7 Å². The summed E-state index contributed by atoms with van der Waals surface area (Å²) in [6.07, 6.45) is -0.0442. The first kappa shape index (κ1) is 14.7. The predicted octanol–water partition coefficient (Wildman–Crippen LogP) is -0.113. The number of carboxylic acids is 1. The van der Waals surface area contributed by atoms with Crippen LogP contribution in [0, 0.1) is 0 Å². The molecule has 1 unspecified atom stereocenters. The molecule has 0 spiro atoms. The molecule has 0 saturated heterocycles. The molecule has 0 amide bonds. The molecule has 0 aromatic carbocycles. The topological polar surface area (TPSA) is 63.6 Å². The van der Waals surface area contributed by atoms with Gasteiger partial charge in [-0.05, 0) is 13.3 Å². The molecular formula is C7H14CaO4. The Morgan fingerprint density at radius 2 is 2.00 bits per heavy atom. The first-order valence-corrected chi connectivity index (χ1v) is 3.47. The average molecular weight is 202 g/mol. The van der Waals surface area contributed by atoms with Gasteiger partial charge in [-0.1, -0.05) is 6.92 Å². The minimum atomic E-state index is -1.15. The third-order valence-corrected chi connectivity index (χ3v) is 1.20. The summed E-state index contributed by atoms with van der Waals surface area (Å²) in [4.78, 5) is 20.6. The van der Waals surface area contributed by atoms with E-state index in [0.717, 1.165) is 0 Å². The number of rotatable bonds is 4.